The summed E-state index contributed by atoms with van der Waals surface area (Å²) in [7, 11) is 0. The highest BCUT2D eigenvalue weighted by Gasteiger charge is 2.17. The summed E-state index contributed by atoms with van der Waals surface area (Å²) in [6.07, 6.45) is 3.19. The number of ether oxygens (including phenoxy) is 1. The number of amides is 1. The first-order valence-electron chi connectivity index (χ1n) is 10.9. The van der Waals surface area contributed by atoms with Gasteiger partial charge in [-0.15, -0.1) is 0 Å². The van der Waals surface area contributed by atoms with Gasteiger partial charge < -0.3 is 10.1 Å². The van der Waals surface area contributed by atoms with E-state index >= 15 is 0 Å². The van der Waals surface area contributed by atoms with Crippen molar-refractivity contribution >= 4 is 23.7 Å². The van der Waals surface area contributed by atoms with Gasteiger partial charge in [-0.25, -0.2) is 9.10 Å². The molecular formula is C24H33N3O4S. The van der Waals surface area contributed by atoms with Crippen LogP contribution in [0.1, 0.15) is 45.6 Å². The van der Waals surface area contributed by atoms with Crippen molar-refractivity contribution in [2.75, 3.05) is 19.6 Å². The lowest BCUT2D eigenvalue weighted by Gasteiger charge is -2.21. The molecule has 2 rings (SSSR count). The fraction of sp³-hybridized carbons (Fsp3) is 0.458. The minimum Gasteiger partial charge on any atom is -0.444 e. The van der Waals surface area contributed by atoms with E-state index < -0.39 is 11.7 Å². The zero-order valence-corrected chi connectivity index (χ0v) is 19.9. The molecule has 0 aromatic heterocycles. The quantitative estimate of drug-likeness (QED) is 0.186. The maximum Gasteiger partial charge on any atom is 0.407 e. The Kier molecular flexibility index (Phi) is 10.5. The van der Waals surface area contributed by atoms with Crippen molar-refractivity contribution in [3.8, 4) is 0 Å². The first-order valence-corrected chi connectivity index (χ1v) is 11.7. The van der Waals surface area contributed by atoms with Gasteiger partial charge in [0, 0.05) is 25.7 Å². The van der Waals surface area contributed by atoms with E-state index in [0.717, 1.165) is 38.8 Å². The lowest BCUT2D eigenvalue weighted by Crippen LogP contribution is -2.33. The van der Waals surface area contributed by atoms with Crippen LogP contribution in [0, 0.1) is 10.1 Å². The highest BCUT2D eigenvalue weighted by molar-refractivity contribution is 7.97. The van der Waals surface area contributed by atoms with Crippen LogP contribution >= 0.6 is 11.9 Å². The van der Waals surface area contributed by atoms with Crippen LogP contribution in [0.25, 0.3) is 0 Å². The minimum atomic E-state index is -0.499. The molecule has 0 aliphatic carbocycles. The molecule has 2 aromatic rings. The first-order chi connectivity index (χ1) is 15.2. The standard InChI is InChI=1S/C24H33N3O4S/c1-24(2,3)31-23(28)25-17-10-5-11-18-26(19-16-20-12-6-4-7-13-20)32-22-15-9-8-14-21(22)27(29)30/h4,6-9,12-15H,5,10-11,16-19H2,1-3H3,(H,25,28). The molecule has 0 saturated heterocycles. The minimum absolute atomic E-state index is 0.128. The summed E-state index contributed by atoms with van der Waals surface area (Å²) in [6, 6.07) is 17.1. The molecule has 1 amide bonds. The third-order valence-electron chi connectivity index (χ3n) is 4.53. The molecular weight excluding hydrogens is 426 g/mol. The Morgan fingerprint density at radius 3 is 2.41 bits per heavy atom. The molecule has 0 aliphatic heterocycles. The molecule has 0 bridgehead atoms. The molecule has 0 fully saturated rings. The fourth-order valence-electron chi connectivity index (χ4n) is 3.02. The Labute approximate surface area is 194 Å². The number of nitro benzene ring substituents is 1. The van der Waals surface area contributed by atoms with Crippen LogP contribution in [0.15, 0.2) is 59.5 Å². The third kappa shape index (κ3) is 10.2. The third-order valence-corrected chi connectivity index (χ3v) is 5.70. The maximum atomic E-state index is 11.7. The molecule has 0 atom stereocenters. The highest BCUT2D eigenvalue weighted by Crippen LogP contribution is 2.31. The fourth-order valence-corrected chi connectivity index (χ4v) is 4.08. The van der Waals surface area contributed by atoms with E-state index in [1.807, 2.05) is 45.0 Å². The van der Waals surface area contributed by atoms with Crippen LogP contribution in [0.5, 0.6) is 0 Å². The molecule has 32 heavy (non-hydrogen) atoms. The number of rotatable bonds is 12. The monoisotopic (exact) mass is 459 g/mol. The van der Waals surface area contributed by atoms with Crippen LogP contribution in [0.4, 0.5) is 10.5 Å². The summed E-state index contributed by atoms with van der Waals surface area (Å²) in [5.74, 6) is 0. The van der Waals surface area contributed by atoms with Crippen molar-refractivity contribution in [2.24, 2.45) is 0 Å². The Hall–Kier alpha value is -2.58. The van der Waals surface area contributed by atoms with E-state index in [1.165, 1.54) is 17.5 Å². The molecule has 0 unspecified atom stereocenters. The van der Waals surface area contributed by atoms with Crippen molar-refractivity contribution in [2.45, 2.75) is 57.0 Å². The summed E-state index contributed by atoms with van der Waals surface area (Å²) in [4.78, 5) is 23.4. The molecule has 0 saturated carbocycles. The number of hydrogen-bond acceptors (Lipinski definition) is 6. The number of nitrogens with one attached hydrogen (secondary N) is 1. The van der Waals surface area contributed by atoms with E-state index in [2.05, 4.69) is 21.8 Å². The summed E-state index contributed by atoms with van der Waals surface area (Å²) < 4.78 is 7.43. The van der Waals surface area contributed by atoms with Gasteiger partial charge in [-0.3, -0.25) is 10.1 Å². The van der Waals surface area contributed by atoms with Crippen LogP contribution in [-0.4, -0.2) is 40.6 Å². The second-order valence-electron chi connectivity index (χ2n) is 8.47. The zero-order chi connectivity index (χ0) is 23.4. The van der Waals surface area contributed by atoms with Gasteiger partial charge in [0.25, 0.3) is 5.69 Å². The topological polar surface area (TPSA) is 84.7 Å². The molecule has 0 spiro atoms. The van der Waals surface area contributed by atoms with E-state index in [-0.39, 0.29) is 10.6 Å². The second kappa shape index (κ2) is 13.1. The Morgan fingerprint density at radius 1 is 1.03 bits per heavy atom. The Bertz CT molecular complexity index is 856. The summed E-state index contributed by atoms with van der Waals surface area (Å²) >= 11 is 1.44. The van der Waals surface area contributed by atoms with Gasteiger partial charge in [-0.2, -0.15) is 0 Å². The van der Waals surface area contributed by atoms with Gasteiger partial charge in [0.1, 0.15) is 10.5 Å². The highest BCUT2D eigenvalue weighted by atomic mass is 32.2. The summed E-state index contributed by atoms with van der Waals surface area (Å²) in [5, 5.41) is 14.2. The summed E-state index contributed by atoms with van der Waals surface area (Å²) in [5.41, 5.74) is 0.867. The van der Waals surface area contributed by atoms with Crippen LogP contribution < -0.4 is 5.32 Å². The molecule has 2 aromatic carbocycles. The normalized spacial score (nSPS) is 11.4. The van der Waals surface area contributed by atoms with Gasteiger partial charge in [0.15, 0.2) is 0 Å². The van der Waals surface area contributed by atoms with Crippen molar-refractivity contribution < 1.29 is 14.5 Å². The van der Waals surface area contributed by atoms with Gasteiger partial charge in [0.2, 0.25) is 0 Å². The van der Waals surface area contributed by atoms with Crippen molar-refractivity contribution in [3.63, 3.8) is 0 Å². The molecule has 1 N–H and O–H groups in total. The van der Waals surface area contributed by atoms with Gasteiger partial charge in [-0.05, 0) is 63.6 Å². The van der Waals surface area contributed by atoms with Crippen molar-refractivity contribution in [1.29, 1.82) is 0 Å². The average molecular weight is 460 g/mol. The lowest BCUT2D eigenvalue weighted by molar-refractivity contribution is -0.387. The molecule has 0 aliphatic rings. The van der Waals surface area contributed by atoms with E-state index in [1.54, 1.807) is 18.2 Å². The Balaban J connectivity index is 1.85. The number of benzene rings is 2. The number of carbonyl (C=O) groups is 1. The van der Waals surface area contributed by atoms with Crippen molar-refractivity contribution in [3.05, 3.63) is 70.3 Å². The van der Waals surface area contributed by atoms with E-state index in [4.69, 9.17) is 4.74 Å². The van der Waals surface area contributed by atoms with Gasteiger partial charge >= 0.3 is 6.09 Å². The molecule has 7 nitrogen and oxygen atoms in total. The average Bonchev–Trinajstić information content (AvgIpc) is 2.74. The first kappa shape index (κ1) is 25.7. The zero-order valence-electron chi connectivity index (χ0n) is 19.1. The molecule has 0 heterocycles. The van der Waals surface area contributed by atoms with E-state index in [9.17, 15) is 14.9 Å². The second-order valence-corrected chi connectivity index (χ2v) is 9.61. The molecule has 174 valence electrons. The smallest absolute Gasteiger partial charge is 0.407 e. The largest absolute Gasteiger partial charge is 0.444 e. The Morgan fingerprint density at radius 2 is 1.72 bits per heavy atom. The van der Waals surface area contributed by atoms with E-state index in [0.29, 0.717) is 11.4 Å². The lowest BCUT2D eigenvalue weighted by atomic mass is 10.1. The number of alkyl carbamates (subject to hydrolysis) is 1. The number of nitro groups is 1. The number of unbranched alkanes of at least 4 members (excludes halogenated alkanes) is 2. The maximum absolute atomic E-state index is 11.7. The van der Waals surface area contributed by atoms with Crippen LogP contribution in [0.3, 0.4) is 0 Å². The van der Waals surface area contributed by atoms with Crippen LogP contribution in [-0.2, 0) is 11.2 Å². The van der Waals surface area contributed by atoms with Gasteiger partial charge in [0.05, 0.1) is 4.92 Å². The number of nitrogens with zero attached hydrogens (tertiary/aromatic N) is 2. The predicted molar refractivity (Wildman–Crippen MR) is 129 cm³/mol. The number of hydrogen-bond donors (Lipinski definition) is 1. The summed E-state index contributed by atoms with van der Waals surface area (Å²) in [6.45, 7) is 7.67. The number of para-hydroxylation sites is 1. The predicted octanol–water partition coefficient (Wildman–Crippen LogP) is 5.84. The van der Waals surface area contributed by atoms with Crippen LogP contribution in [0.2, 0.25) is 0 Å². The SMILES string of the molecule is CC(C)(C)OC(=O)NCCCCCN(CCc1ccccc1)Sc1ccccc1[N+](=O)[O-]. The number of carbonyl (C=O) groups excluding carboxylic acids is 1. The van der Waals surface area contributed by atoms with Gasteiger partial charge in [-0.1, -0.05) is 48.9 Å². The van der Waals surface area contributed by atoms with Crippen molar-refractivity contribution in [1.82, 2.24) is 9.62 Å². The molecule has 0 radical (unpaired) electrons. The molecule has 8 heteroatoms.